The lowest BCUT2D eigenvalue weighted by Gasteiger charge is -2.20. The lowest BCUT2D eigenvalue weighted by molar-refractivity contribution is -0.119. The quantitative estimate of drug-likeness (QED) is 0.382. The minimum absolute atomic E-state index is 0.133. The minimum Gasteiger partial charge on any atom is -0.322 e. The van der Waals surface area contributed by atoms with Crippen molar-refractivity contribution in [2.75, 3.05) is 5.32 Å². The predicted molar refractivity (Wildman–Crippen MR) is 118 cm³/mol. The third-order valence-electron chi connectivity index (χ3n) is 4.87. The van der Waals surface area contributed by atoms with E-state index in [0.717, 1.165) is 11.1 Å². The minimum atomic E-state index is -0.607. The molecule has 0 aliphatic rings. The molecule has 1 atom stereocenters. The van der Waals surface area contributed by atoms with E-state index >= 15 is 0 Å². The number of nitrogens with zero attached hydrogens (tertiary/aromatic N) is 3. The van der Waals surface area contributed by atoms with Gasteiger partial charge in [0.25, 0.3) is 0 Å². The lowest BCUT2D eigenvalue weighted by Crippen LogP contribution is -2.26. The number of para-hydroxylation sites is 1. The first-order valence-electron chi connectivity index (χ1n) is 9.81. The number of carbonyl (C=O) groups excluding carboxylic acids is 1. The van der Waals surface area contributed by atoms with Crippen LogP contribution >= 0.6 is 11.8 Å². The van der Waals surface area contributed by atoms with E-state index in [0.29, 0.717) is 22.8 Å². The van der Waals surface area contributed by atoms with Crippen LogP contribution in [0.2, 0.25) is 0 Å². The van der Waals surface area contributed by atoms with Gasteiger partial charge in [0.1, 0.15) is 17.7 Å². The molecule has 1 amide bonds. The van der Waals surface area contributed by atoms with E-state index in [1.54, 1.807) is 42.7 Å². The van der Waals surface area contributed by atoms with Gasteiger partial charge in [0.15, 0.2) is 5.16 Å². The number of thioether (sulfide) groups is 1. The number of benzene rings is 2. The van der Waals surface area contributed by atoms with Crippen molar-refractivity contribution in [1.29, 1.82) is 0 Å². The number of pyridine rings is 1. The summed E-state index contributed by atoms with van der Waals surface area (Å²) in [6.45, 7) is 1.89. The van der Waals surface area contributed by atoms with Crippen molar-refractivity contribution in [2.24, 2.45) is 0 Å². The summed E-state index contributed by atoms with van der Waals surface area (Å²) in [6, 6.07) is 13.5. The molecule has 4 aromatic rings. The molecule has 158 valence electrons. The summed E-state index contributed by atoms with van der Waals surface area (Å²) in [4.78, 5) is 22.0. The molecule has 0 aliphatic heterocycles. The van der Waals surface area contributed by atoms with Gasteiger partial charge in [-0.25, -0.2) is 13.8 Å². The zero-order chi connectivity index (χ0) is 21.8. The van der Waals surface area contributed by atoms with Crippen molar-refractivity contribution < 1.29 is 13.6 Å². The SMILES string of the molecule is CC[C@@H](C(=O)Nc1ccccc1F)n1c(SCc2ccc(F)cc2)nc2ccncc21. The standard InChI is InChI=1S/C23H20F2N4OS/c1-2-20(22(30)27-18-6-4-3-5-17(18)25)29-21-13-26-12-11-19(21)28-23(29)31-14-15-7-9-16(24)10-8-15/h3-13,20H,2,14H2,1H3,(H,27,30)/t20-/m0/s1. The fraction of sp³-hybridized carbons (Fsp3) is 0.174. The number of hydrogen-bond acceptors (Lipinski definition) is 4. The number of rotatable bonds is 7. The largest absolute Gasteiger partial charge is 0.322 e. The smallest absolute Gasteiger partial charge is 0.247 e. The Bertz CT molecular complexity index is 1210. The maximum atomic E-state index is 14.1. The number of amides is 1. The summed E-state index contributed by atoms with van der Waals surface area (Å²) in [7, 11) is 0. The Morgan fingerprint density at radius 2 is 1.90 bits per heavy atom. The van der Waals surface area contributed by atoms with Crippen LogP contribution in [0.3, 0.4) is 0 Å². The summed E-state index contributed by atoms with van der Waals surface area (Å²) in [5.41, 5.74) is 2.51. The molecule has 2 aromatic carbocycles. The van der Waals surface area contributed by atoms with E-state index in [4.69, 9.17) is 0 Å². The highest BCUT2D eigenvalue weighted by Gasteiger charge is 2.25. The van der Waals surface area contributed by atoms with Gasteiger partial charge in [-0.2, -0.15) is 0 Å². The fourth-order valence-electron chi connectivity index (χ4n) is 3.31. The van der Waals surface area contributed by atoms with Gasteiger partial charge in [0.2, 0.25) is 5.91 Å². The van der Waals surface area contributed by atoms with Crippen molar-refractivity contribution in [2.45, 2.75) is 30.3 Å². The Labute approximate surface area is 182 Å². The Morgan fingerprint density at radius 1 is 1.13 bits per heavy atom. The molecule has 0 spiro atoms. The summed E-state index contributed by atoms with van der Waals surface area (Å²) in [5, 5.41) is 3.33. The van der Waals surface area contributed by atoms with Crippen LogP contribution in [0.25, 0.3) is 11.0 Å². The zero-order valence-corrected chi connectivity index (χ0v) is 17.6. The number of hydrogen-bond donors (Lipinski definition) is 1. The van der Waals surface area contributed by atoms with Crippen LogP contribution in [0.5, 0.6) is 0 Å². The second kappa shape index (κ2) is 9.26. The Kier molecular flexibility index (Phi) is 6.27. The van der Waals surface area contributed by atoms with E-state index in [2.05, 4.69) is 15.3 Å². The summed E-state index contributed by atoms with van der Waals surface area (Å²) < 4.78 is 29.1. The molecule has 4 rings (SSSR count). The second-order valence-corrected chi connectivity index (χ2v) is 7.88. The van der Waals surface area contributed by atoms with Gasteiger partial charge in [-0.1, -0.05) is 43.0 Å². The molecule has 0 unspecified atom stereocenters. The molecule has 0 bridgehead atoms. The third kappa shape index (κ3) is 4.59. The number of halogens is 2. The molecular weight excluding hydrogens is 418 g/mol. The summed E-state index contributed by atoms with van der Waals surface area (Å²) in [5.74, 6) is -0.557. The van der Waals surface area contributed by atoms with E-state index in [9.17, 15) is 13.6 Å². The number of nitrogens with one attached hydrogen (secondary N) is 1. The van der Waals surface area contributed by atoms with Gasteiger partial charge in [0.05, 0.1) is 22.9 Å². The van der Waals surface area contributed by atoms with Crippen molar-refractivity contribution in [3.63, 3.8) is 0 Å². The van der Waals surface area contributed by atoms with E-state index in [1.807, 2.05) is 11.5 Å². The molecule has 0 fully saturated rings. The molecule has 2 heterocycles. The molecule has 31 heavy (non-hydrogen) atoms. The Morgan fingerprint density at radius 3 is 2.65 bits per heavy atom. The highest BCUT2D eigenvalue weighted by atomic mass is 32.2. The molecule has 0 radical (unpaired) electrons. The Hall–Kier alpha value is -3.26. The summed E-state index contributed by atoms with van der Waals surface area (Å²) in [6.07, 6.45) is 3.79. The number of anilines is 1. The van der Waals surface area contributed by atoms with Crippen LogP contribution in [-0.2, 0) is 10.5 Å². The van der Waals surface area contributed by atoms with Gasteiger partial charge in [0, 0.05) is 11.9 Å². The van der Waals surface area contributed by atoms with Gasteiger partial charge in [-0.05, 0) is 42.3 Å². The lowest BCUT2D eigenvalue weighted by atomic mass is 10.2. The second-order valence-electron chi connectivity index (χ2n) is 6.94. The highest BCUT2D eigenvalue weighted by Crippen LogP contribution is 2.31. The molecule has 2 aromatic heterocycles. The molecule has 0 saturated carbocycles. The first kappa shape index (κ1) is 21.0. The van der Waals surface area contributed by atoms with Crippen LogP contribution in [0.1, 0.15) is 24.9 Å². The normalized spacial score (nSPS) is 12.1. The third-order valence-corrected chi connectivity index (χ3v) is 5.90. The Balaban J connectivity index is 1.66. The first-order chi connectivity index (χ1) is 15.1. The predicted octanol–water partition coefficient (Wildman–Crippen LogP) is 5.59. The molecular formula is C23H20F2N4OS. The summed E-state index contributed by atoms with van der Waals surface area (Å²) >= 11 is 1.45. The van der Waals surface area contributed by atoms with Crippen molar-refractivity contribution in [3.05, 3.63) is 84.2 Å². The fourth-order valence-corrected chi connectivity index (χ4v) is 4.33. The molecule has 0 saturated heterocycles. The number of imidazole rings is 1. The maximum Gasteiger partial charge on any atom is 0.247 e. The molecule has 8 heteroatoms. The monoisotopic (exact) mass is 438 g/mol. The van der Waals surface area contributed by atoms with Crippen molar-refractivity contribution in [1.82, 2.24) is 14.5 Å². The van der Waals surface area contributed by atoms with Crippen LogP contribution in [-0.4, -0.2) is 20.4 Å². The van der Waals surface area contributed by atoms with Crippen LogP contribution < -0.4 is 5.32 Å². The van der Waals surface area contributed by atoms with E-state index in [1.165, 1.54) is 36.0 Å². The van der Waals surface area contributed by atoms with Crippen molar-refractivity contribution >= 4 is 34.4 Å². The number of aromatic nitrogens is 3. The average Bonchev–Trinajstić information content (AvgIpc) is 3.14. The number of carbonyl (C=O) groups is 1. The molecule has 0 aliphatic carbocycles. The van der Waals surface area contributed by atoms with E-state index in [-0.39, 0.29) is 17.4 Å². The van der Waals surface area contributed by atoms with Gasteiger partial charge in [-0.3, -0.25) is 9.78 Å². The van der Waals surface area contributed by atoms with Crippen LogP contribution in [0.15, 0.2) is 72.1 Å². The van der Waals surface area contributed by atoms with Crippen LogP contribution in [0.4, 0.5) is 14.5 Å². The van der Waals surface area contributed by atoms with Gasteiger partial charge >= 0.3 is 0 Å². The molecule has 5 nitrogen and oxygen atoms in total. The van der Waals surface area contributed by atoms with E-state index < -0.39 is 11.9 Å². The number of fused-ring (bicyclic) bond motifs is 1. The first-order valence-corrected chi connectivity index (χ1v) is 10.8. The van der Waals surface area contributed by atoms with Crippen molar-refractivity contribution in [3.8, 4) is 0 Å². The van der Waals surface area contributed by atoms with Gasteiger partial charge < -0.3 is 9.88 Å². The van der Waals surface area contributed by atoms with Crippen LogP contribution in [0, 0.1) is 11.6 Å². The van der Waals surface area contributed by atoms with Gasteiger partial charge in [-0.15, -0.1) is 0 Å². The topological polar surface area (TPSA) is 59.8 Å². The highest BCUT2D eigenvalue weighted by molar-refractivity contribution is 7.98. The average molecular weight is 439 g/mol. The molecule has 1 N–H and O–H groups in total. The zero-order valence-electron chi connectivity index (χ0n) is 16.8. The maximum absolute atomic E-state index is 14.1.